The van der Waals surface area contributed by atoms with Crippen molar-refractivity contribution in [2.24, 2.45) is 0 Å². The first-order valence-electron chi connectivity index (χ1n) is 4.46. The van der Waals surface area contributed by atoms with Gasteiger partial charge in [-0.1, -0.05) is 0 Å². The molecule has 1 fully saturated rings. The lowest BCUT2D eigenvalue weighted by Crippen LogP contribution is -2.46. The Balaban J connectivity index is 1.83. The first-order chi connectivity index (χ1) is 6.34. The fraction of sp³-hybridized carbons (Fsp3) is 0.400. The largest absolute Gasteiger partial charge is 0.492 e. The molecule has 70 valence electrons. The van der Waals surface area contributed by atoms with Crippen molar-refractivity contribution in [3.05, 3.63) is 30.1 Å². The number of rotatable bonds is 3. The lowest BCUT2D eigenvalue weighted by Gasteiger charge is -2.27. The molecule has 0 aromatic heterocycles. The van der Waals surface area contributed by atoms with Crippen LogP contribution in [0.4, 0.5) is 4.39 Å². The maximum Gasteiger partial charge on any atom is 0.123 e. The Morgan fingerprint density at radius 1 is 1.38 bits per heavy atom. The predicted molar refractivity (Wildman–Crippen MR) is 48.3 cm³/mol. The normalized spacial score (nSPS) is 20.8. The Bertz CT molecular complexity index is 269. The van der Waals surface area contributed by atoms with Gasteiger partial charge in [-0.2, -0.15) is 0 Å². The number of benzene rings is 1. The Morgan fingerprint density at radius 3 is 2.62 bits per heavy atom. The zero-order valence-electron chi connectivity index (χ0n) is 7.29. The second-order valence-electron chi connectivity index (χ2n) is 3.20. The molecule has 0 spiro atoms. The van der Waals surface area contributed by atoms with E-state index in [-0.39, 0.29) is 5.82 Å². The summed E-state index contributed by atoms with van der Waals surface area (Å²) < 4.78 is 17.9. The van der Waals surface area contributed by atoms with Gasteiger partial charge in [-0.15, -0.1) is 0 Å². The van der Waals surface area contributed by atoms with Crippen LogP contribution in [0.2, 0.25) is 0 Å². The average Bonchev–Trinajstić information content (AvgIpc) is 2.05. The summed E-state index contributed by atoms with van der Waals surface area (Å²) in [5.74, 6) is 0.504. The van der Waals surface area contributed by atoms with Gasteiger partial charge in [0.05, 0.1) is 0 Å². The van der Waals surface area contributed by atoms with Gasteiger partial charge in [-0.3, -0.25) is 0 Å². The Labute approximate surface area is 76.7 Å². The lowest BCUT2D eigenvalue weighted by molar-refractivity contribution is 0.217. The van der Waals surface area contributed by atoms with Crippen molar-refractivity contribution in [1.29, 1.82) is 0 Å². The summed E-state index contributed by atoms with van der Waals surface area (Å²) in [7, 11) is 0. The van der Waals surface area contributed by atoms with Gasteiger partial charge in [0.1, 0.15) is 18.2 Å². The molecule has 0 amide bonds. The Hall–Kier alpha value is -1.09. The van der Waals surface area contributed by atoms with Crippen molar-refractivity contribution in [2.45, 2.75) is 12.5 Å². The zero-order valence-corrected chi connectivity index (χ0v) is 7.29. The van der Waals surface area contributed by atoms with Crippen LogP contribution in [0.1, 0.15) is 6.42 Å². The molecule has 1 saturated heterocycles. The van der Waals surface area contributed by atoms with Crippen LogP contribution in [0, 0.1) is 5.82 Å². The Morgan fingerprint density at radius 2 is 2.08 bits per heavy atom. The molecule has 1 heterocycles. The third-order valence-corrected chi connectivity index (χ3v) is 2.19. The van der Waals surface area contributed by atoms with Gasteiger partial charge in [0.15, 0.2) is 0 Å². The first kappa shape index (κ1) is 8.51. The van der Waals surface area contributed by atoms with Gasteiger partial charge in [0.2, 0.25) is 0 Å². The number of hydrogen-bond donors (Lipinski definition) is 1. The van der Waals surface area contributed by atoms with Crippen molar-refractivity contribution in [3.63, 3.8) is 0 Å². The molecular formula is C10H12FNO. The molecule has 1 aliphatic rings. The fourth-order valence-corrected chi connectivity index (χ4v) is 1.22. The molecule has 1 unspecified atom stereocenters. The van der Waals surface area contributed by atoms with Crippen LogP contribution in [0.5, 0.6) is 5.75 Å². The average molecular weight is 181 g/mol. The van der Waals surface area contributed by atoms with E-state index in [0.717, 1.165) is 12.3 Å². The highest BCUT2D eigenvalue weighted by Crippen LogP contribution is 2.12. The molecule has 1 aromatic rings. The standard InChI is InChI=1S/C10H12FNO/c11-8-1-3-10(4-2-8)13-7-9-5-6-12-9/h1-4,9,12H,5-7H2. The van der Waals surface area contributed by atoms with Crippen LogP contribution < -0.4 is 10.1 Å². The molecule has 0 aliphatic carbocycles. The van der Waals surface area contributed by atoms with E-state index in [4.69, 9.17) is 4.74 Å². The SMILES string of the molecule is Fc1ccc(OCC2CCN2)cc1. The molecule has 1 atom stereocenters. The molecule has 1 N–H and O–H groups in total. The van der Waals surface area contributed by atoms with Crippen molar-refractivity contribution in [2.75, 3.05) is 13.2 Å². The third kappa shape index (κ3) is 2.18. The predicted octanol–water partition coefficient (Wildman–Crippen LogP) is 1.57. The van der Waals surface area contributed by atoms with Crippen molar-refractivity contribution in [3.8, 4) is 5.75 Å². The third-order valence-electron chi connectivity index (χ3n) is 2.19. The molecule has 1 aromatic carbocycles. The van der Waals surface area contributed by atoms with Crippen molar-refractivity contribution in [1.82, 2.24) is 5.32 Å². The van der Waals surface area contributed by atoms with Gasteiger partial charge >= 0.3 is 0 Å². The smallest absolute Gasteiger partial charge is 0.123 e. The van der Waals surface area contributed by atoms with Gasteiger partial charge in [-0.25, -0.2) is 4.39 Å². The highest BCUT2D eigenvalue weighted by Gasteiger charge is 2.16. The molecule has 2 nitrogen and oxygen atoms in total. The van der Waals surface area contributed by atoms with Gasteiger partial charge in [0, 0.05) is 6.04 Å². The molecule has 0 radical (unpaired) electrons. The van der Waals surface area contributed by atoms with E-state index in [9.17, 15) is 4.39 Å². The second-order valence-corrected chi connectivity index (χ2v) is 3.20. The Kier molecular flexibility index (Phi) is 2.45. The van der Waals surface area contributed by atoms with Crippen LogP contribution in [0.3, 0.4) is 0 Å². The monoisotopic (exact) mass is 181 g/mol. The van der Waals surface area contributed by atoms with Gasteiger partial charge < -0.3 is 10.1 Å². The van der Waals surface area contributed by atoms with Crippen molar-refractivity contribution < 1.29 is 9.13 Å². The minimum atomic E-state index is -0.228. The van der Waals surface area contributed by atoms with E-state index in [1.165, 1.54) is 18.6 Å². The zero-order chi connectivity index (χ0) is 9.10. The number of hydrogen-bond acceptors (Lipinski definition) is 2. The number of nitrogens with one attached hydrogen (secondary N) is 1. The highest BCUT2D eigenvalue weighted by molar-refractivity contribution is 5.22. The maximum absolute atomic E-state index is 12.5. The summed E-state index contributed by atoms with van der Waals surface area (Å²) in [5.41, 5.74) is 0. The van der Waals surface area contributed by atoms with Gasteiger partial charge in [0.25, 0.3) is 0 Å². The summed E-state index contributed by atoms with van der Waals surface area (Å²) in [6, 6.07) is 6.58. The van der Waals surface area contributed by atoms with E-state index in [1.807, 2.05) is 0 Å². The summed E-state index contributed by atoms with van der Waals surface area (Å²) in [6.07, 6.45) is 1.17. The van der Waals surface area contributed by atoms with Crippen LogP contribution in [-0.2, 0) is 0 Å². The van der Waals surface area contributed by atoms with Crippen LogP contribution in [0.25, 0.3) is 0 Å². The van der Waals surface area contributed by atoms with Crippen LogP contribution in [0.15, 0.2) is 24.3 Å². The minimum absolute atomic E-state index is 0.228. The summed E-state index contributed by atoms with van der Waals surface area (Å²) in [6.45, 7) is 1.75. The minimum Gasteiger partial charge on any atom is -0.492 e. The number of halogens is 1. The summed E-state index contributed by atoms with van der Waals surface area (Å²) >= 11 is 0. The van der Waals surface area contributed by atoms with E-state index >= 15 is 0 Å². The first-order valence-corrected chi connectivity index (χ1v) is 4.46. The summed E-state index contributed by atoms with van der Waals surface area (Å²) in [5, 5.41) is 3.23. The lowest BCUT2D eigenvalue weighted by atomic mass is 10.1. The molecule has 0 bridgehead atoms. The summed E-state index contributed by atoms with van der Waals surface area (Å²) in [4.78, 5) is 0. The van der Waals surface area contributed by atoms with Gasteiger partial charge in [-0.05, 0) is 37.2 Å². The van der Waals surface area contributed by atoms with Crippen LogP contribution >= 0.6 is 0 Å². The molecule has 2 rings (SSSR count). The molecule has 13 heavy (non-hydrogen) atoms. The second kappa shape index (κ2) is 3.75. The van der Waals surface area contributed by atoms with E-state index in [0.29, 0.717) is 12.6 Å². The molecular weight excluding hydrogens is 169 g/mol. The quantitative estimate of drug-likeness (QED) is 0.764. The van der Waals surface area contributed by atoms with Crippen molar-refractivity contribution >= 4 is 0 Å². The van der Waals surface area contributed by atoms with E-state index in [2.05, 4.69) is 5.32 Å². The number of ether oxygens (including phenoxy) is 1. The molecule has 1 aliphatic heterocycles. The molecule has 3 heteroatoms. The maximum atomic E-state index is 12.5. The fourth-order valence-electron chi connectivity index (χ4n) is 1.22. The van der Waals surface area contributed by atoms with Crippen LogP contribution in [-0.4, -0.2) is 19.2 Å². The topological polar surface area (TPSA) is 21.3 Å². The molecule has 0 saturated carbocycles. The van der Waals surface area contributed by atoms with E-state index < -0.39 is 0 Å². The highest BCUT2D eigenvalue weighted by atomic mass is 19.1. The van der Waals surface area contributed by atoms with E-state index in [1.54, 1.807) is 12.1 Å².